The van der Waals surface area contributed by atoms with Gasteiger partial charge >= 0.3 is 5.97 Å². The minimum atomic E-state index is -0.849. The maximum Gasteiger partial charge on any atom is 0.313 e. The molecule has 102 valence electrons. The SMILES string of the molecule is CCCOCCCNc1nnc(SCC(=O)O)s1. The zero-order valence-electron chi connectivity index (χ0n) is 10.2. The van der Waals surface area contributed by atoms with Crippen LogP contribution in [0, 0.1) is 0 Å². The summed E-state index contributed by atoms with van der Waals surface area (Å²) in [5.41, 5.74) is 0. The Kier molecular flexibility index (Phi) is 7.70. The molecular formula is C10H17N3O3S2. The zero-order valence-corrected chi connectivity index (χ0v) is 11.9. The first-order chi connectivity index (χ1) is 8.72. The lowest BCUT2D eigenvalue weighted by molar-refractivity contribution is -0.133. The molecule has 6 nitrogen and oxygen atoms in total. The van der Waals surface area contributed by atoms with Crippen LogP contribution >= 0.6 is 23.1 Å². The number of aliphatic carboxylic acids is 1. The minimum Gasteiger partial charge on any atom is -0.481 e. The van der Waals surface area contributed by atoms with Crippen LogP contribution in [0.15, 0.2) is 4.34 Å². The molecule has 0 atom stereocenters. The summed E-state index contributed by atoms with van der Waals surface area (Å²) in [5.74, 6) is -0.836. The molecule has 2 N–H and O–H groups in total. The Morgan fingerprint density at radius 3 is 3.06 bits per heavy atom. The lowest BCUT2D eigenvalue weighted by Crippen LogP contribution is -2.05. The number of carbonyl (C=O) groups is 1. The lowest BCUT2D eigenvalue weighted by atomic mass is 10.4. The van der Waals surface area contributed by atoms with Gasteiger partial charge in [0.25, 0.3) is 0 Å². The predicted molar refractivity (Wildman–Crippen MR) is 72.5 cm³/mol. The number of thioether (sulfide) groups is 1. The number of hydrogen-bond acceptors (Lipinski definition) is 7. The normalized spacial score (nSPS) is 10.5. The van der Waals surface area contributed by atoms with Crippen LogP contribution in [0.3, 0.4) is 0 Å². The number of anilines is 1. The maximum absolute atomic E-state index is 10.4. The Bertz CT molecular complexity index is 360. The highest BCUT2D eigenvalue weighted by Gasteiger charge is 2.06. The van der Waals surface area contributed by atoms with Crippen LogP contribution in [0.2, 0.25) is 0 Å². The van der Waals surface area contributed by atoms with Crippen LogP contribution in [0.5, 0.6) is 0 Å². The molecule has 0 amide bonds. The molecule has 0 bridgehead atoms. The highest BCUT2D eigenvalue weighted by Crippen LogP contribution is 2.24. The van der Waals surface area contributed by atoms with E-state index in [0.29, 0.717) is 4.34 Å². The van der Waals surface area contributed by atoms with Crippen molar-refractivity contribution in [1.29, 1.82) is 0 Å². The number of ether oxygens (including phenoxy) is 1. The number of carboxylic acids is 1. The Labute approximate surface area is 114 Å². The first kappa shape index (κ1) is 15.2. The molecule has 1 aromatic rings. The molecule has 0 aliphatic rings. The average molecular weight is 291 g/mol. The van der Waals surface area contributed by atoms with Gasteiger partial charge in [-0.05, 0) is 12.8 Å². The van der Waals surface area contributed by atoms with Gasteiger partial charge < -0.3 is 15.2 Å². The number of carboxylic acid groups (broad SMARTS) is 1. The molecule has 8 heteroatoms. The Balaban J connectivity index is 2.13. The van der Waals surface area contributed by atoms with Crippen LogP contribution in [-0.2, 0) is 9.53 Å². The van der Waals surface area contributed by atoms with E-state index in [-0.39, 0.29) is 5.75 Å². The van der Waals surface area contributed by atoms with Gasteiger partial charge in [-0.15, -0.1) is 10.2 Å². The molecular weight excluding hydrogens is 274 g/mol. The Morgan fingerprint density at radius 2 is 2.33 bits per heavy atom. The number of rotatable bonds is 10. The fraction of sp³-hybridized carbons (Fsp3) is 0.700. The number of nitrogens with zero attached hydrogens (tertiary/aromatic N) is 2. The topological polar surface area (TPSA) is 84.3 Å². The summed E-state index contributed by atoms with van der Waals surface area (Å²) in [7, 11) is 0. The fourth-order valence-corrected chi connectivity index (χ4v) is 2.58. The third-order valence-corrected chi connectivity index (χ3v) is 3.81. The van der Waals surface area contributed by atoms with Gasteiger partial charge in [0.2, 0.25) is 5.13 Å². The third-order valence-electron chi connectivity index (χ3n) is 1.82. The van der Waals surface area contributed by atoms with E-state index in [1.54, 1.807) is 0 Å². The molecule has 0 aromatic carbocycles. The van der Waals surface area contributed by atoms with Gasteiger partial charge in [0.1, 0.15) is 0 Å². The molecule has 0 aliphatic carbocycles. The summed E-state index contributed by atoms with van der Waals surface area (Å²) in [6, 6.07) is 0. The Morgan fingerprint density at radius 1 is 1.50 bits per heavy atom. The maximum atomic E-state index is 10.4. The number of aromatic nitrogens is 2. The molecule has 0 radical (unpaired) electrons. The van der Waals surface area contributed by atoms with Crippen molar-refractivity contribution in [2.75, 3.05) is 30.8 Å². The lowest BCUT2D eigenvalue weighted by Gasteiger charge is -2.02. The summed E-state index contributed by atoms with van der Waals surface area (Å²) in [6.07, 6.45) is 1.95. The number of nitrogens with one attached hydrogen (secondary N) is 1. The summed E-state index contributed by atoms with van der Waals surface area (Å²) in [5, 5.41) is 20.2. The quantitative estimate of drug-likeness (QED) is 0.503. The number of hydrogen-bond donors (Lipinski definition) is 2. The van der Waals surface area contributed by atoms with Gasteiger partial charge in [-0.2, -0.15) is 0 Å². The van der Waals surface area contributed by atoms with Crippen molar-refractivity contribution in [1.82, 2.24) is 10.2 Å². The second-order valence-electron chi connectivity index (χ2n) is 3.45. The summed E-state index contributed by atoms with van der Waals surface area (Å²) < 4.78 is 6.02. The van der Waals surface area contributed by atoms with Crippen LogP contribution in [0.1, 0.15) is 19.8 Å². The predicted octanol–water partition coefficient (Wildman–Crippen LogP) is 1.94. The van der Waals surface area contributed by atoms with Gasteiger partial charge in [-0.3, -0.25) is 4.79 Å². The van der Waals surface area contributed by atoms with Crippen molar-refractivity contribution in [2.45, 2.75) is 24.1 Å². The van der Waals surface area contributed by atoms with Gasteiger partial charge in [-0.25, -0.2) is 0 Å². The van der Waals surface area contributed by atoms with Crippen molar-refractivity contribution in [3.63, 3.8) is 0 Å². The van der Waals surface area contributed by atoms with Crippen molar-refractivity contribution >= 4 is 34.2 Å². The molecule has 0 aliphatic heterocycles. The molecule has 1 rings (SSSR count). The molecule has 0 spiro atoms. The highest BCUT2D eigenvalue weighted by atomic mass is 32.2. The smallest absolute Gasteiger partial charge is 0.313 e. The largest absolute Gasteiger partial charge is 0.481 e. The summed E-state index contributed by atoms with van der Waals surface area (Å²) in [4.78, 5) is 10.4. The first-order valence-corrected chi connectivity index (χ1v) is 7.52. The van der Waals surface area contributed by atoms with Crippen molar-refractivity contribution in [2.24, 2.45) is 0 Å². The summed E-state index contributed by atoms with van der Waals surface area (Å²) in [6.45, 7) is 4.40. The second kappa shape index (κ2) is 9.12. The van der Waals surface area contributed by atoms with Crippen molar-refractivity contribution < 1.29 is 14.6 Å². The minimum absolute atomic E-state index is 0.0134. The van der Waals surface area contributed by atoms with E-state index in [1.807, 2.05) is 0 Å². The van der Waals surface area contributed by atoms with Gasteiger partial charge in [0.05, 0.1) is 5.75 Å². The van der Waals surface area contributed by atoms with Gasteiger partial charge in [0, 0.05) is 19.8 Å². The Hall–Kier alpha value is -0.860. The van der Waals surface area contributed by atoms with Crippen molar-refractivity contribution in [3.8, 4) is 0 Å². The van der Waals surface area contributed by atoms with Crippen LogP contribution in [-0.4, -0.2) is 46.8 Å². The van der Waals surface area contributed by atoms with Gasteiger partial charge in [0.15, 0.2) is 4.34 Å². The second-order valence-corrected chi connectivity index (χ2v) is 5.65. The van der Waals surface area contributed by atoms with E-state index in [0.717, 1.165) is 37.7 Å². The summed E-state index contributed by atoms with van der Waals surface area (Å²) >= 11 is 2.55. The monoisotopic (exact) mass is 291 g/mol. The van der Waals surface area contributed by atoms with Crippen LogP contribution < -0.4 is 5.32 Å². The zero-order chi connectivity index (χ0) is 13.2. The van der Waals surface area contributed by atoms with E-state index in [4.69, 9.17) is 9.84 Å². The van der Waals surface area contributed by atoms with Crippen LogP contribution in [0.4, 0.5) is 5.13 Å². The standard InChI is InChI=1S/C10H17N3O3S2/c1-2-5-16-6-3-4-11-9-12-13-10(18-9)17-7-8(14)15/h2-7H2,1H3,(H,11,12)(H,14,15). The van der Waals surface area contributed by atoms with E-state index in [9.17, 15) is 4.79 Å². The molecule has 0 fully saturated rings. The van der Waals surface area contributed by atoms with E-state index in [2.05, 4.69) is 22.4 Å². The highest BCUT2D eigenvalue weighted by molar-refractivity contribution is 8.01. The van der Waals surface area contributed by atoms with E-state index >= 15 is 0 Å². The van der Waals surface area contributed by atoms with Gasteiger partial charge in [-0.1, -0.05) is 30.0 Å². The molecule has 0 saturated heterocycles. The first-order valence-electron chi connectivity index (χ1n) is 5.72. The van der Waals surface area contributed by atoms with E-state index in [1.165, 1.54) is 23.1 Å². The molecule has 1 aromatic heterocycles. The fourth-order valence-electron chi connectivity index (χ4n) is 1.08. The van der Waals surface area contributed by atoms with Crippen molar-refractivity contribution in [3.05, 3.63) is 0 Å². The van der Waals surface area contributed by atoms with E-state index < -0.39 is 5.97 Å². The van der Waals surface area contributed by atoms with Crippen LogP contribution in [0.25, 0.3) is 0 Å². The molecule has 1 heterocycles. The molecule has 0 unspecified atom stereocenters. The third kappa shape index (κ3) is 6.77. The average Bonchev–Trinajstić information content (AvgIpc) is 2.79. The molecule has 0 saturated carbocycles. The molecule has 18 heavy (non-hydrogen) atoms.